The number of hydrogen-bond donors (Lipinski definition) is 0. The van der Waals surface area contributed by atoms with Gasteiger partial charge in [0.15, 0.2) is 0 Å². The molecule has 0 aliphatic heterocycles. The summed E-state index contributed by atoms with van der Waals surface area (Å²) < 4.78 is 0. The largest absolute Gasteiger partial charge is 0.305 e. The molecule has 0 atom stereocenters. The van der Waals surface area contributed by atoms with Crippen LogP contribution in [0.1, 0.15) is 19.8 Å². The summed E-state index contributed by atoms with van der Waals surface area (Å²) in [5.74, 6) is 3.38. The van der Waals surface area contributed by atoms with Crippen LogP contribution in [0.4, 0.5) is 0 Å². The Morgan fingerprint density at radius 2 is 2.15 bits per heavy atom. The minimum absolute atomic E-state index is 0.475. The SMILES string of the molecule is CCSCCN(C)CC1CC(Cl)C1. The lowest BCUT2D eigenvalue weighted by atomic mass is 9.84. The van der Waals surface area contributed by atoms with Crippen molar-refractivity contribution in [2.24, 2.45) is 5.92 Å². The summed E-state index contributed by atoms with van der Waals surface area (Å²) in [6.45, 7) is 4.68. The molecule has 78 valence electrons. The second-order valence-electron chi connectivity index (χ2n) is 3.89. The van der Waals surface area contributed by atoms with Crippen molar-refractivity contribution in [1.82, 2.24) is 4.90 Å². The van der Waals surface area contributed by atoms with Crippen LogP contribution in [0.2, 0.25) is 0 Å². The van der Waals surface area contributed by atoms with Crippen molar-refractivity contribution < 1.29 is 0 Å². The van der Waals surface area contributed by atoms with Gasteiger partial charge in [0, 0.05) is 24.2 Å². The molecule has 0 N–H and O–H groups in total. The first kappa shape index (κ1) is 11.7. The maximum absolute atomic E-state index is 5.93. The van der Waals surface area contributed by atoms with Gasteiger partial charge in [-0.05, 0) is 31.6 Å². The van der Waals surface area contributed by atoms with Gasteiger partial charge < -0.3 is 4.90 Å². The minimum atomic E-state index is 0.475. The monoisotopic (exact) mass is 221 g/mol. The van der Waals surface area contributed by atoms with Gasteiger partial charge in [-0.2, -0.15) is 11.8 Å². The molecule has 1 rings (SSSR count). The molecule has 1 saturated carbocycles. The second kappa shape index (κ2) is 6.15. The van der Waals surface area contributed by atoms with Crippen molar-refractivity contribution in [3.05, 3.63) is 0 Å². The number of hydrogen-bond acceptors (Lipinski definition) is 2. The molecular weight excluding hydrogens is 202 g/mol. The van der Waals surface area contributed by atoms with E-state index < -0.39 is 0 Å². The summed E-state index contributed by atoms with van der Waals surface area (Å²) in [5.41, 5.74) is 0. The van der Waals surface area contributed by atoms with E-state index in [0.717, 1.165) is 5.92 Å². The first-order chi connectivity index (χ1) is 6.22. The predicted octanol–water partition coefficient (Wildman–Crippen LogP) is 2.69. The Kier molecular flexibility index (Phi) is 5.52. The van der Waals surface area contributed by atoms with E-state index in [1.54, 1.807) is 0 Å². The Hall–Kier alpha value is 0.600. The fourth-order valence-electron chi connectivity index (χ4n) is 1.70. The first-order valence-electron chi connectivity index (χ1n) is 5.12. The summed E-state index contributed by atoms with van der Waals surface area (Å²) in [4.78, 5) is 2.44. The molecule has 0 radical (unpaired) electrons. The molecule has 13 heavy (non-hydrogen) atoms. The molecular formula is C10H20ClNS. The van der Waals surface area contributed by atoms with Crippen LogP contribution in [0.3, 0.4) is 0 Å². The van der Waals surface area contributed by atoms with E-state index in [4.69, 9.17) is 11.6 Å². The quantitative estimate of drug-likeness (QED) is 0.501. The number of alkyl halides is 1. The fourth-order valence-corrected chi connectivity index (χ4v) is 2.93. The summed E-state index contributed by atoms with van der Waals surface area (Å²) >= 11 is 7.95. The van der Waals surface area contributed by atoms with Gasteiger partial charge in [-0.25, -0.2) is 0 Å². The molecule has 0 spiro atoms. The molecule has 0 aromatic carbocycles. The number of rotatable bonds is 6. The number of halogens is 1. The van der Waals surface area contributed by atoms with Crippen molar-refractivity contribution in [1.29, 1.82) is 0 Å². The summed E-state index contributed by atoms with van der Waals surface area (Å²) in [7, 11) is 2.22. The smallest absolute Gasteiger partial charge is 0.0342 e. The average Bonchev–Trinajstić information content (AvgIpc) is 2.02. The van der Waals surface area contributed by atoms with Gasteiger partial charge in [0.25, 0.3) is 0 Å². The van der Waals surface area contributed by atoms with Crippen LogP contribution in [0, 0.1) is 5.92 Å². The Balaban J connectivity index is 1.95. The van der Waals surface area contributed by atoms with Gasteiger partial charge in [0.2, 0.25) is 0 Å². The Labute approximate surface area is 91.2 Å². The highest BCUT2D eigenvalue weighted by Crippen LogP contribution is 2.32. The van der Waals surface area contributed by atoms with Gasteiger partial charge in [0.1, 0.15) is 0 Å². The molecule has 0 aromatic heterocycles. The third kappa shape index (κ3) is 4.57. The zero-order valence-electron chi connectivity index (χ0n) is 8.63. The summed E-state index contributed by atoms with van der Waals surface area (Å²) in [6.07, 6.45) is 2.46. The predicted molar refractivity (Wildman–Crippen MR) is 62.9 cm³/mol. The van der Waals surface area contributed by atoms with Gasteiger partial charge in [-0.1, -0.05) is 6.92 Å². The molecule has 1 aliphatic rings. The van der Waals surface area contributed by atoms with Crippen LogP contribution >= 0.6 is 23.4 Å². The molecule has 0 saturated heterocycles. The Bertz CT molecular complexity index is 137. The molecule has 0 bridgehead atoms. The first-order valence-corrected chi connectivity index (χ1v) is 6.71. The van der Waals surface area contributed by atoms with E-state index in [2.05, 4.69) is 18.9 Å². The van der Waals surface area contributed by atoms with E-state index >= 15 is 0 Å². The molecule has 1 fully saturated rings. The minimum Gasteiger partial charge on any atom is -0.305 e. The molecule has 0 unspecified atom stereocenters. The topological polar surface area (TPSA) is 3.24 Å². The third-order valence-corrected chi connectivity index (χ3v) is 3.81. The molecule has 1 nitrogen and oxygen atoms in total. The van der Waals surface area contributed by atoms with Gasteiger partial charge >= 0.3 is 0 Å². The number of nitrogens with zero attached hydrogens (tertiary/aromatic N) is 1. The summed E-state index contributed by atoms with van der Waals surface area (Å²) in [5, 5.41) is 0.475. The molecule has 0 heterocycles. The highest BCUT2D eigenvalue weighted by atomic mass is 35.5. The maximum Gasteiger partial charge on any atom is 0.0342 e. The Morgan fingerprint density at radius 1 is 1.46 bits per heavy atom. The highest BCUT2D eigenvalue weighted by Gasteiger charge is 2.27. The van der Waals surface area contributed by atoms with Crippen molar-refractivity contribution >= 4 is 23.4 Å². The fraction of sp³-hybridized carbons (Fsp3) is 1.00. The maximum atomic E-state index is 5.93. The molecule has 1 aliphatic carbocycles. The Morgan fingerprint density at radius 3 is 2.69 bits per heavy atom. The standard InChI is InChI=1S/C10H20ClNS/c1-3-13-5-4-12(2)8-9-6-10(11)7-9/h9-10H,3-8H2,1-2H3. The van der Waals surface area contributed by atoms with Crippen molar-refractivity contribution in [2.75, 3.05) is 31.6 Å². The molecule has 0 aromatic rings. The lowest BCUT2D eigenvalue weighted by Gasteiger charge is -2.34. The van der Waals surface area contributed by atoms with Crippen LogP contribution in [0.5, 0.6) is 0 Å². The zero-order chi connectivity index (χ0) is 9.68. The van der Waals surface area contributed by atoms with Crippen molar-refractivity contribution in [2.45, 2.75) is 25.1 Å². The van der Waals surface area contributed by atoms with Gasteiger partial charge in [-0.15, -0.1) is 11.6 Å². The normalized spacial score (nSPS) is 27.7. The van der Waals surface area contributed by atoms with Crippen LogP contribution in [-0.4, -0.2) is 41.9 Å². The molecule has 3 heteroatoms. The van der Waals surface area contributed by atoms with E-state index in [1.165, 1.54) is 37.4 Å². The van der Waals surface area contributed by atoms with E-state index in [0.29, 0.717) is 5.38 Å². The zero-order valence-corrected chi connectivity index (χ0v) is 10.2. The van der Waals surface area contributed by atoms with Crippen LogP contribution in [0.15, 0.2) is 0 Å². The molecule has 0 amide bonds. The number of thioether (sulfide) groups is 1. The van der Waals surface area contributed by atoms with E-state index in [1.807, 2.05) is 11.8 Å². The van der Waals surface area contributed by atoms with Crippen molar-refractivity contribution in [3.63, 3.8) is 0 Å². The third-order valence-electron chi connectivity index (χ3n) is 2.57. The average molecular weight is 222 g/mol. The lowest BCUT2D eigenvalue weighted by Crippen LogP contribution is -2.35. The van der Waals surface area contributed by atoms with Crippen molar-refractivity contribution in [3.8, 4) is 0 Å². The van der Waals surface area contributed by atoms with E-state index in [9.17, 15) is 0 Å². The van der Waals surface area contributed by atoms with Crippen LogP contribution in [-0.2, 0) is 0 Å². The highest BCUT2D eigenvalue weighted by molar-refractivity contribution is 7.99. The van der Waals surface area contributed by atoms with Crippen LogP contribution in [0.25, 0.3) is 0 Å². The van der Waals surface area contributed by atoms with Gasteiger partial charge in [0.05, 0.1) is 0 Å². The second-order valence-corrected chi connectivity index (χ2v) is 5.90. The van der Waals surface area contributed by atoms with Gasteiger partial charge in [-0.3, -0.25) is 0 Å². The lowest BCUT2D eigenvalue weighted by molar-refractivity contribution is 0.217. The van der Waals surface area contributed by atoms with Crippen LogP contribution < -0.4 is 0 Å². The summed E-state index contributed by atoms with van der Waals surface area (Å²) in [6, 6.07) is 0. The van der Waals surface area contributed by atoms with E-state index in [-0.39, 0.29) is 0 Å².